The molecular weight excluding hydrogens is 326 g/mol. The Morgan fingerprint density at radius 1 is 1.24 bits per heavy atom. The first-order chi connectivity index (χ1) is 12.1. The van der Waals surface area contributed by atoms with Gasteiger partial charge in [-0.25, -0.2) is 0 Å². The fourth-order valence-corrected chi connectivity index (χ4v) is 3.05. The van der Waals surface area contributed by atoms with Crippen LogP contribution in [0.2, 0.25) is 0 Å². The number of morpholine rings is 1. The van der Waals surface area contributed by atoms with Gasteiger partial charge in [0.25, 0.3) is 0 Å². The van der Waals surface area contributed by atoms with Gasteiger partial charge in [-0.3, -0.25) is 14.5 Å². The van der Waals surface area contributed by atoms with Gasteiger partial charge in [0.2, 0.25) is 0 Å². The van der Waals surface area contributed by atoms with Crippen molar-refractivity contribution in [2.24, 2.45) is 5.92 Å². The summed E-state index contributed by atoms with van der Waals surface area (Å²) in [7, 11) is 0. The number of carbonyl (C=O) groups excluding carboxylic acids is 2. The van der Waals surface area contributed by atoms with Gasteiger partial charge in [-0.15, -0.1) is 0 Å². The van der Waals surface area contributed by atoms with Crippen molar-refractivity contribution in [2.45, 2.75) is 18.4 Å². The Morgan fingerprint density at radius 3 is 2.60 bits per heavy atom. The lowest BCUT2D eigenvalue weighted by Gasteiger charge is -2.27. The second kappa shape index (κ2) is 7.99. The number of hydrogen-bond donors (Lipinski definition) is 3. The maximum atomic E-state index is 12.0. The maximum Gasteiger partial charge on any atom is 0.309 e. The molecule has 3 N–H and O–H groups in total. The van der Waals surface area contributed by atoms with Crippen LogP contribution >= 0.6 is 0 Å². The zero-order valence-corrected chi connectivity index (χ0v) is 14.2. The fraction of sp³-hybridized carbons (Fsp3) is 0.647. The molecule has 1 saturated heterocycles. The van der Waals surface area contributed by atoms with E-state index < -0.39 is 17.4 Å². The number of aliphatic hydroxyl groups is 1. The van der Waals surface area contributed by atoms with Crippen molar-refractivity contribution in [3.63, 3.8) is 0 Å². The molecule has 2 amide bonds. The van der Waals surface area contributed by atoms with Crippen molar-refractivity contribution in [3.05, 3.63) is 24.2 Å². The lowest BCUT2D eigenvalue weighted by molar-refractivity contribution is -0.140. The molecule has 1 saturated carbocycles. The normalized spacial score (nSPS) is 20.7. The average Bonchev–Trinajstić information content (AvgIpc) is 3.35. The summed E-state index contributed by atoms with van der Waals surface area (Å²) in [5.41, 5.74) is -1.26. The summed E-state index contributed by atoms with van der Waals surface area (Å²) in [6.45, 7) is 4.10. The van der Waals surface area contributed by atoms with Crippen molar-refractivity contribution in [2.75, 3.05) is 45.9 Å². The summed E-state index contributed by atoms with van der Waals surface area (Å²) in [5, 5.41) is 16.0. The maximum absolute atomic E-state index is 12.0. The first-order valence-corrected chi connectivity index (χ1v) is 8.72. The number of furan rings is 1. The molecule has 0 radical (unpaired) electrons. The quantitative estimate of drug-likeness (QED) is 0.569. The second-order valence-corrected chi connectivity index (χ2v) is 6.57. The van der Waals surface area contributed by atoms with Crippen molar-refractivity contribution in [1.29, 1.82) is 0 Å². The van der Waals surface area contributed by atoms with E-state index in [1.807, 2.05) is 0 Å². The Labute approximate surface area is 146 Å². The Morgan fingerprint density at radius 2 is 1.96 bits per heavy atom. The van der Waals surface area contributed by atoms with Crippen molar-refractivity contribution in [1.82, 2.24) is 15.5 Å². The van der Waals surface area contributed by atoms with Gasteiger partial charge in [-0.2, -0.15) is 0 Å². The Kier molecular flexibility index (Phi) is 5.72. The monoisotopic (exact) mass is 351 g/mol. The van der Waals surface area contributed by atoms with E-state index in [1.165, 1.54) is 6.26 Å². The predicted octanol–water partition coefficient (Wildman–Crippen LogP) is -0.558. The summed E-state index contributed by atoms with van der Waals surface area (Å²) >= 11 is 0. The summed E-state index contributed by atoms with van der Waals surface area (Å²) in [5.74, 6) is -0.968. The minimum absolute atomic E-state index is 0.0408. The fourth-order valence-electron chi connectivity index (χ4n) is 3.05. The SMILES string of the molecule is O=C(NCCN1CCOCC1)C(=O)NCC(O)(c1ccco1)C1CC1. The third-order valence-corrected chi connectivity index (χ3v) is 4.74. The van der Waals surface area contributed by atoms with Gasteiger partial charge in [-0.1, -0.05) is 0 Å². The molecule has 2 heterocycles. The van der Waals surface area contributed by atoms with Gasteiger partial charge in [0.1, 0.15) is 11.4 Å². The number of nitrogens with zero attached hydrogens (tertiary/aromatic N) is 1. The molecule has 1 aromatic heterocycles. The Hall–Kier alpha value is -1.90. The van der Waals surface area contributed by atoms with E-state index >= 15 is 0 Å². The third kappa shape index (κ3) is 4.59. The van der Waals surface area contributed by atoms with Gasteiger partial charge in [0.05, 0.1) is 26.0 Å². The molecule has 8 heteroatoms. The van der Waals surface area contributed by atoms with Crippen LogP contribution in [0.15, 0.2) is 22.8 Å². The molecule has 0 aromatic carbocycles. The van der Waals surface area contributed by atoms with Gasteiger partial charge >= 0.3 is 11.8 Å². The lowest BCUT2D eigenvalue weighted by Crippen LogP contribution is -2.48. The number of ether oxygens (including phenoxy) is 1. The molecule has 8 nitrogen and oxygen atoms in total. The standard InChI is InChI=1S/C17H25N3O5/c21-15(18-5-6-20-7-10-24-11-8-20)16(22)19-12-17(23,13-3-4-13)14-2-1-9-25-14/h1-2,9,13,23H,3-8,10-12H2,(H,18,21)(H,19,22). The molecule has 25 heavy (non-hydrogen) atoms. The van der Waals surface area contributed by atoms with E-state index in [-0.39, 0.29) is 12.5 Å². The zero-order chi connectivity index (χ0) is 17.7. The number of rotatable bonds is 7. The molecule has 1 atom stereocenters. The van der Waals surface area contributed by atoms with Crippen LogP contribution in [0.3, 0.4) is 0 Å². The number of nitrogens with one attached hydrogen (secondary N) is 2. The minimum Gasteiger partial charge on any atom is -0.466 e. The number of carbonyl (C=O) groups is 2. The van der Waals surface area contributed by atoms with E-state index in [1.54, 1.807) is 12.1 Å². The number of amides is 2. The molecule has 2 fully saturated rings. The van der Waals surface area contributed by atoms with Gasteiger partial charge in [0, 0.05) is 26.2 Å². The molecule has 3 rings (SSSR count). The Bertz CT molecular complexity index is 581. The molecule has 1 aromatic rings. The van der Waals surface area contributed by atoms with Crippen LogP contribution in [0, 0.1) is 5.92 Å². The predicted molar refractivity (Wildman–Crippen MR) is 88.6 cm³/mol. The summed E-state index contributed by atoms with van der Waals surface area (Å²) < 4.78 is 10.6. The highest BCUT2D eigenvalue weighted by Crippen LogP contribution is 2.45. The largest absolute Gasteiger partial charge is 0.466 e. The molecular formula is C17H25N3O5. The molecule has 2 aliphatic rings. The molecule has 1 unspecified atom stereocenters. The van der Waals surface area contributed by atoms with Gasteiger partial charge < -0.3 is 24.9 Å². The van der Waals surface area contributed by atoms with Crippen LogP contribution < -0.4 is 10.6 Å². The van der Waals surface area contributed by atoms with Gasteiger partial charge in [0.15, 0.2) is 0 Å². The lowest BCUT2D eigenvalue weighted by atomic mass is 9.94. The average molecular weight is 351 g/mol. The summed E-state index contributed by atoms with van der Waals surface area (Å²) in [6.07, 6.45) is 3.24. The summed E-state index contributed by atoms with van der Waals surface area (Å²) in [4.78, 5) is 26.1. The van der Waals surface area contributed by atoms with Crippen LogP contribution in [-0.2, 0) is 19.9 Å². The second-order valence-electron chi connectivity index (χ2n) is 6.57. The van der Waals surface area contributed by atoms with E-state index in [0.29, 0.717) is 32.1 Å². The van der Waals surface area contributed by atoms with E-state index in [4.69, 9.17) is 9.15 Å². The molecule has 1 aliphatic carbocycles. The van der Waals surface area contributed by atoms with Crippen LogP contribution in [0.25, 0.3) is 0 Å². The van der Waals surface area contributed by atoms with Crippen LogP contribution in [0.4, 0.5) is 0 Å². The highest BCUT2D eigenvalue weighted by molar-refractivity contribution is 6.35. The molecule has 138 valence electrons. The van der Waals surface area contributed by atoms with Crippen molar-refractivity contribution in [3.8, 4) is 0 Å². The molecule has 0 spiro atoms. The highest BCUT2D eigenvalue weighted by atomic mass is 16.5. The first kappa shape index (κ1) is 17.9. The number of hydrogen-bond acceptors (Lipinski definition) is 6. The van der Waals surface area contributed by atoms with E-state index in [2.05, 4.69) is 15.5 Å². The minimum atomic E-state index is -1.26. The van der Waals surface area contributed by atoms with Crippen LogP contribution in [-0.4, -0.2) is 67.8 Å². The van der Waals surface area contributed by atoms with Gasteiger partial charge in [-0.05, 0) is 30.9 Å². The zero-order valence-electron chi connectivity index (χ0n) is 14.2. The topological polar surface area (TPSA) is 104 Å². The first-order valence-electron chi connectivity index (χ1n) is 8.72. The third-order valence-electron chi connectivity index (χ3n) is 4.74. The molecule has 0 bridgehead atoms. The van der Waals surface area contributed by atoms with E-state index in [0.717, 1.165) is 25.9 Å². The van der Waals surface area contributed by atoms with Crippen LogP contribution in [0.5, 0.6) is 0 Å². The smallest absolute Gasteiger partial charge is 0.309 e. The summed E-state index contributed by atoms with van der Waals surface area (Å²) in [6, 6.07) is 3.38. The van der Waals surface area contributed by atoms with Crippen molar-refractivity contribution < 1.29 is 23.8 Å². The van der Waals surface area contributed by atoms with Crippen molar-refractivity contribution >= 4 is 11.8 Å². The molecule has 1 aliphatic heterocycles. The Balaban J connectivity index is 1.42. The van der Waals surface area contributed by atoms with E-state index in [9.17, 15) is 14.7 Å². The highest BCUT2D eigenvalue weighted by Gasteiger charge is 2.47. The van der Waals surface area contributed by atoms with Crippen LogP contribution in [0.1, 0.15) is 18.6 Å².